The number of fused-ring (bicyclic) bond motifs is 3. The zero-order valence-electron chi connectivity index (χ0n) is 25.3. The van der Waals surface area contributed by atoms with E-state index in [1.807, 2.05) is 24.3 Å². The Morgan fingerprint density at radius 3 is 2.44 bits per heavy atom. The van der Waals surface area contributed by atoms with Crippen LogP contribution in [0.25, 0.3) is 0 Å². The van der Waals surface area contributed by atoms with Crippen LogP contribution in [0.15, 0.2) is 81.4 Å². The number of carbonyl (C=O) groups is 4. The second-order valence-electron chi connectivity index (χ2n) is 12.8. The highest BCUT2D eigenvalue weighted by molar-refractivity contribution is 9.10. The van der Waals surface area contributed by atoms with Crippen LogP contribution in [-0.2, 0) is 25.7 Å². The number of carbonyl (C=O) groups excluding carboxylic acids is 4. The molecule has 2 amide bonds. The van der Waals surface area contributed by atoms with Crippen LogP contribution in [0.2, 0.25) is 0 Å². The summed E-state index contributed by atoms with van der Waals surface area (Å²) < 4.78 is 5.83. The summed E-state index contributed by atoms with van der Waals surface area (Å²) in [6.45, 7) is 4.09. The van der Waals surface area contributed by atoms with Gasteiger partial charge in [-0.25, -0.2) is 0 Å². The van der Waals surface area contributed by atoms with E-state index < -0.39 is 23.7 Å². The van der Waals surface area contributed by atoms with E-state index in [2.05, 4.69) is 33.0 Å². The minimum absolute atomic E-state index is 0.0655. The van der Waals surface area contributed by atoms with E-state index >= 15 is 0 Å². The highest BCUT2D eigenvalue weighted by atomic mass is 79.9. The minimum Gasteiger partial charge on any atom is -0.503 e. The predicted molar refractivity (Wildman–Crippen MR) is 170 cm³/mol. The number of piperidine rings is 1. The van der Waals surface area contributed by atoms with Crippen LogP contribution in [0, 0.1) is 17.8 Å². The average Bonchev–Trinajstić information content (AvgIpc) is 3.30. The molecule has 0 aromatic heterocycles. The zero-order valence-corrected chi connectivity index (χ0v) is 26.9. The molecular weight excluding hydrogens is 636 g/mol. The molecule has 8 nitrogen and oxygen atoms in total. The number of hydrogen-bond acceptors (Lipinski definition) is 7. The van der Waals surface area contributed by atoms with Crippen LogP contribution in [0.4, 0.5) is 0 Å². The van der Waals surface area contributed by atoms with Crippen molar-refractivity contribution in [3.63, 3.8) is 0 Å². The summed E-state index contributed by atoms with van der Waals surface area (Å²) in [6.07, 6.45) is 5.51. The van der Waals surface area contributed by atoms with Gasteiger partial charge in [-0.3, -0.25) is 29.0 Å². The fourth-order valence-electron chi connectivity index (χ4n) is 8.24. The molecule has 0 bridgehead atoms. The van der Waals surface area contributed by atoms with Gasteiger partial charge >= 0.3 is 0 Å². The first-order valence-corrected chi connectivity index (χ1v) is 16.4. The van der Waals surface area contributed by atoms with Crippen LogP contribution in [0.5, 0.6) is 11.5 Å². The standard InChI is InChI=1S/C36H35BrN2O6/c1-19-14-28(40)32-26(33(19)41)17-25-23(30(32)21-15-27(37)34(42)29(16-21)45-2)8-9-24-31(25)36(44)39(35(24)43)22-10-12-38(13-11-22)18-20-6-4-3-5-7-20/h3-8,14-16,22,24-25,30-31,42H,9-13,17-18H2,1-2H3/t24-,25+,30-,31-/m0/s1. The number of rotatable bonds is 5. The van der Waals surface area contributed by atoms with E-state index in [9.17, 15) is 24.3 Å². The van der Waals surface area contributed by atoms with Crippen LogP contribution >= 0.6 is 15.9 Å². The number of allylic oxidation sites excluding steroid dienone is 6. The third-order valence-electron chi connectivity index (χ3n) is 10.4. The van der Waals surface area contributed by atoms with Gasteiger partial charge in [-0.1, -0.05) is 42.0 Å². The third-order valence-corrected chi connectivity index (χ3v) is 11.0. The Balaban J connectivity index is 1.21. The number of ether oxygens (including phenoxy) is 1. The van der Waals surface area contributed by atoms with Gasteiger partial charge in [0.1, 0.15) is 0 Å². The molecule has 0 radical (unpaired) electrons. The first kappa shape index (κ1) is 29.9. The number of phenols is 1. The molecule has 7 rings (SSSR count). The molecule has 0 unspecified atom stereocenters. The molecule has 45 heavy (non-hydrogen) atoms. The minimum atomic E-state index is -0.607. The summed E-state index contributed by atoms with van der Waals surface area (Å²) in [5, 5.41) is 10.5. The van der Waals surface area contributed by atoms with Gasteiger partial charge < -0.3 is 9.84 Å². The number of methoxy groups -OCH3 is 1. The SMILES string of the molecule is COc1cc([C@H]2C3=CC[C@@H]4C(=O)N(C5CCN(Cc6ccccc6)CC5)C(=O)[C@@H]4[C@@H]3CC3=C2C(=O)C=C(C)C3=O)cc(Br)c1O. The van der Waals surface area contributed by atoms with E-state index in [-0.39, 0.29) is 47.3 Å². The van der Waals surface area contributed by atoms with Crippen molar-refractivity contribution in [2.75, 3.05) is 20.2 Å². The zero-order chi connectivity index (χ0) is 31.6. The van der Waals surface area contributed by atoms with Gasteiger partial charge in [-0.15, -0.1) is 0 Å². The molecule has 2 aromatic carbocycles. The Bertz CT molecular complexity index is 1720. The van der Waals surface area contributed by atoms with Crippen LogP contribution in [0.3, 0.4) is 0 Å². The molecule has 0 saturated carbocycles. The van der Waals surface area contributed by atoms with E-state index in [4.69, 9.17) is 4.74 Å². The maximum Gasteiger partial charge on any atom is 0.233 e. The van der Waals surface area contributed by atoms with Gasteiger partial charge in [0.2, 0.25) is 11.8 Å². The number of halogens is 1. The number of phenolic OH excluding ortho intramolecular Hbond substituents is 1. The summed E-state index contributed by atoms with van der Waals surface area (Å²) in [7, 11) is 1.45. The summed E-state index contributed by atoms with van der Waals surface area (Å²) in [5.74, 6) is -2.60. The Kier molecular flexibility index (Phi) is 7.64. The molecule has 9 heteroatoms. The van der Waals surface area contributed by atoms with Crippen LogP contribution < -0.4 is 4.74 Å². The quantitative estimate of drug-likeness (QED) is 0.263. The summed E-state index contributed by atoms with van der Waals surface area (Å²) >= 11 is 3.42. The van der Waals surface area contributed by atoms with E-state index in [1.165, 1.54) is 18.7 Å². The van der Waals surface area contributed by atoms with Gasteiger partial charge in [0.25, 0.3) is 0 Å². The molecule has 1 N–H and O–H groups in total. The first-order chi connectivity index (χ1) is 21.7. The van der Waals surface area contributed by atoms with Crippen LogP contribution in [-0.4, -0.2) is 64.5 Å². The lowest BCUT2D eigenvalue weighted by Crippen LogP contribution is -2.47. The molecule has 2 heterocycles. The van der Waals surface area contributed by atoms with Gasteiger partial charge in [-0.05, 0) is 83.8 Å². The van der Waals surface area contributed by atoms with E-state index in [0.29, 0.717) is 33.2 Å². The highest BCUT2D eigenvalue weighted by Gasteiger charge is 2.57. The number of aromatic hydroxyl groups is 1. The Labute approximate surface area is 270 Å². The van der Waals surface area contributed by atoms with Crippen molar-refractivity contribution in [3.8, 4) is 11.5 Å². The monoisotopic (exact) mass is 670 g/mol. The van der Waals surface area contributed by atoms with Gasteiger partial charge in [0.05, 0.1) is 23.4 Å². The second kappa shape index (κ2) is 11.5. The number of likely N-dealkylation sites (tertiary alicyclic amines) is 2. The molecule has 3 aliphatic carbocycles. The molecule has 2 fully saturated rings. The molecule has 2 aliphatic heterocycles. The third kappa shape index (κ3) is 4.91. The highest BCUT2D eigenvalue weighted by Crippen LogP contribution is 2.56. The fraction of sp³-hybridized carbons (Fsp3) is 0.389. The van der Waals surface area contributed by atoms with Crippen molar-refractivity contribution in [1.82, 2.24) is 9.80 Å². The smallest absolute Gasteiger partial charge is 0.233 e. The summed E-state index contributed by atoms with van der Waals surface area (Å²) in [5.41, 5.74) is 4.00. The van der Waals surface area contributed by atoms with E-state index in [1.54, 1.807) is 24.0 Å². The second-order valence-corrected chi connectivity index (χ2v) is 13.7. The topological polar surface area (TPSA) is 104 Å². The molecule has 0 spiro atoms. The Morgan fingerprint density at radius 2 is 1.73 bits per heavy atom. The lowest BCUT2D eigenvalue weighted by atomic mass is 9.59. The first-order valence-electron chi connectivity index (χ1n) is 15.6. The van der Waals surface area contributed by atoms with Crippen molar-refractivity contribution >= 4 is 39.3 Å². The van der Waals surface area contributed by atoms with Crippen molar-refractivity contribution in [2.45, 2.75) is 51.1 Å². The molecule has 5 aliphatic rings. The number of imide groups is 1. The van der Waals surface area contributed by atoms with Crippen molar-refractivity contribution in [3.05, 3.63) is 92.5 Å². The largest absolute Gasteiger partial charge is 0.503 e. The van der Waals surface area contributed by atoms with Gasteiger partial charge in [0, 0.05) is 48.3 Å². The number of amides is 2. The van der Waals surface area contributed by atoms with Crippen molar-refractivity contribution in [1.29, 1.82) is 0 Å². The van der Waals surface area contributed by atoms with Gasteiger partial charge in [-0.2, -0.15) is 0 Å². The van der Waals surface area contributed by atoms with E-state index in [0.717, 1.165) is 38.0 Å². The van der Waals surface area contributed by atoms with Crippen molar-refractivity contribution < 1.29 is 29.0 Å². The molecule has 4 atom stereocenters. The number of benzene rings is 2. The number of Topliss-reactive ketones (excluding diaryl/α,β-unsaturated/α-hetero) is 1. The lowest BCUT2D eigenvalue weighted by Gasteiger charge is -2.42. The average molecular weight is 672 g/mol. The van der Waals surface area contributed by atoms with Crippen LogP contribution in [0.1, 0.15) is 49.7 Å². The fourth-order valence-corrected chi connectivity index (χ4v) is 8.70. The maximum absolute atomic E-state index is 14.3. The molecule has 2 aromatic rings. The Morgan fingerprint density at radius 1 is 1.00 bits per heavy atom. The summed E-state index contributed by atoms with van der Waals surface area (Å²) in [4.78, 5) is 59.3. The summed E-state index contributed by atoms with van der Waals surface area (Å²) in [6, 6.07) is 13.6. The molecule has 232 valence electrons. The van der Waals surface area contributed by atoms with Gasteiger partial charge in [0.15, 0.2) is 23.1 Å². The predicted octanol–water partition coefficient (Wildman–Crippen LogP) is 5.26. The number of nitrogens with zero attached hydrogens (tertiary/aromatic N) is 2. The maximum atomic E-state index is 14.3. The Hall–Kier alpha value is -3.82. The lowest BCUT2D eigenvalue weighted by molar-refractivity contribution is -0.144. The number of hydrogen-bond donors (Lipinski definition) is 1. The van der Waals surface area contributed by atoms with Crippen molar-refractivity contribution in [2.24, 2.45) is 17.8 Å². The molecular formula is C36H35BrN2O6. The number of ketones is 2. The molecule has 2 saturated heterocycles. The normalized spacial score (nSPS) is 27.2.